The number of hydrogen-bond acceptors (Lipinski definition) is 13. The van der Waals surface area contributed by atoms with Crippen LogP contribution in [0.1, 0.15) is 79.4 Å². The van der Waals surface area contributed by atoms with Gasteiger partial charge in [-0.25, -0.2) is 9.59 Å². The SMILES string of the molecule is COc1cc2c(cc1-c1c(C)coc1C)ncc1c2n([C@H](C)c2ccccn2)c(=O)n1CC(=O)CCCC(=O)Cn1c(=O)n([C@H](C)c2ccccn2)c2c3cc(OC)c(-c4c(C)noc4C)cc3ncc21. The van der Waals surface area contributed by atoms with E-state index in [0.717, 1.165) is 33.6 Å². The topological polar surface area (TPSA) is 197 Å². The molecule has 10 rings (SSSR count). The number of ketones is 2. The molecular weight excluding hydrogens is 903 g/mol. The van der Waals surface area contributed by atoms with Crippen LogP contribution in [0, 0.1) is 27.7 Å². The van der Waals surface area contributed by atoms with Crippen LogP contribution in [0.15, 0.2) is 110 Å². The van der Waals surface area contributed by atoms with E-state index >= 15 is 0 Å². The van der Waals surface area contributed by atoms with Crippen molar-refractivity contribution in [3.05, 3.63) is 147 Å². The van der Waals surface area contributed by atoms with Crippen molar-refractivity contribution in [2.45, 2.75) is 86.0 Å². The summed E-state index contributed by atoms with van der Waals surface area (Å²) in [5, 5.41) is 5.44. The highest BCUT2D eigenvalue weighted by Gasteiger charge is 2.28. The number of Topliss-reactive ketones (excluding diaryl/α,β-unsaturated/α-hetero) is 2. The van der Waals surface area contributed by atoms with E-state index in [4.69, 9.17) is 28.4 Å². The van der Waals surface area contributed by atoms with Gasteiger partial charge in [0.1, 0.15) is 23.0 Å². The molecule has 0 unspecified atom stereocenters. The molecule has 0 aliphatic rings. The lowest BCUT2D eigenvalue weighted by molar-refractivity contribution is -0.121. The monoisotopic (exact) mass is 953 g/mol. The van der Waals surface area contributed by atoms with E-state index in [1.807, 2.05) is 102 Å². The minimum Gasteiger partial charge on any atom is -0.496 e. The molecule has 0 fully saturated rings. The summed E-state index contributed by atoms with van der Waals surface area (Å²) in [6.45, 7) is 10.8. The predicted molar refractivity (Wildman–Crippen MR) is 268 cm³/mol. The molecule has 10 aromatic rings. The van der Waals surface area contributed by atoms with Gasteiger partial charge in [0, 0.05) is 52.7 Å². The highest BCUT2D eigenvalue weighted by Crippen LogP contribution is 2.42. The van der Waals surface area contributed by atoms with Crippen molar-refractivity contribution >= 4 is 55.4 Å². The van der Waals surface area contributed by atoms with Crippen LogP contribution in [0.4, 0.5) is 0 Å². The summed E-state index contributed by atoms with van der Waals surface area (Å²) in [4.78, 5) is 75.8. The number of nitrogens with zero attached hydrogens (tertiary/aromatic N) is 9. The van der Waals surface area contributed by atoms with Crippen LogP contribution in [-0.2, 0) is 22.7 Å². The summed E-state index contributed by atoms with van der Waals surface area (Å²) in [5.74, 6) is 1.96. The zero-order chi connectivity index (χ0) is 49.8. The lowest BCUT2D eigenvalue weighted by Crippen LogP contribution is -2.30. The first-order valence-electron chi connectivity index (χ1n) is 23.4. The van der Waals surface area contributed by atoms with E-state index in [1.165, 1.54) is 9.13 Å². The van der Waals surface area contributed by atoms with Crippen LogP contribution in [0.5, 0.6) is 11.5 Å². The summed E-state index contributed by atoms with van der Waals surface area (Å²) in [6.07, 6.45) is 8.50. The van der Waals surface area contributed by atoms with Crippen LogP contribution < -0.4 is 20.9 Å². The Morgan fingerprint density at radius 3 is 1.55 bits per heavy atom. The van der Waals surface area contributed by atoms with Crippen LogP contribution >= 0.6 is 0 Å². The molecule has 0 spiro atoms. The fourth-order valence-corrected chi connectivity index (χ4v) is 10.0. The van der Waals surface area contributed by atoms with Crippen LogP contribution in [0.2, 0.25) is 0 Å². The number of methoxy groups -OCH3 is 2. The van der Waals surface area contributed by atoms with E-state index in [-0.39, 0.29) is 43.9 Å². The van der Waals surface area contributed by atoms with E-state index in [9.17, 15) is 19.2 Å². The predicted octanol–water partition coefficient (Wildman–Crippen LogP) is 9.20. The molecule has 0 amide bonds. The van der Waals surface area contributed by atoms with Gasteiger partial charge in [-0.05, 0) is 102 Å². The van der Waals surface area contributed by atoms with E-state index < -0.39 is 23.5 Å². The summed E-state index contributed by atoms with van der Waals surface area (Å²) in [7, 11) is 3.17. The molecule has 17 nitrogen and oxygen atoms in total. The average Bonchev–Trinajstić information content (AvgIpc) is 4.08. The first-order chi connectivity index (χ1) is 34.3. The van der Waals surface area contributed by atoms with Crippen molar-refractivity contribution in [1.82, 2.24) is 43.4 Å². The summed E-state index contributed by atoms with van der Waals surface area (Å²) < 4.78 is 29.2. The van der Waals surface area contributed by atoms with Crippen molar-refractivity contribution < 1.29 is 28.0 Å². The molecule has 0 saturated carbocycles. The number of benzene rings is 2. The van der Waals surface area contributed by atoms with Gasteiger partial charge >= 0.3 is 11.4 Å². The standard InChI is InChI=1S/C54H51N9O8/c1-29-28-70-33(5)49(29)39-20-43-37(22-47(39)68-7)51-45(24-57-43)60(53(66)62(51)31(3)41-16-9-11-18-55-41)26-35(64)14-13-15-36(65)27-61-46-25-58-44-21-40(50-30(2)59-71-34(50)6)48(69-8)23-38(44)52(46)63(54(61)67)32(4)42-17-10-12-19-56-42/h9-12,16-25,28,31-32H,13-15,26-27H2,1-8H3/t31-,32-/m1/s1. The largest absolute Gasteiger partial charge is 0.496 e. The van der Waals surface area contributed by atoms with Gasteiger partial charge in [-0.15, -0.1) is 0 Å². The fraction of sp³-hybridized carbons (Fsp3) is 0.278. The molecule has 0 aliphatic carbocycles. The summed E-state index contributed by atoms with van der Waals surface area (Å²) in [6, 6.07) is 17.6. The molecule has 0 aliphatic heterocycles. The van der Waals surface area contributed by atoms with Crippen molar-refractivity contribution in [2.75, 3.05) is 14.2 Å². The number of aromatic nitrogens is 9. The molecular formula is C54H51N9O8. The zero-order valence-corrected chi connectivity index (χ0v) is 40.6. The number of ether oxygens (including phenoxy) is 2. The van der Waals surface area contributed by atoms with Gasteiger partial charge < -0.3 is 18.4 Å². The highest BCUT2D eigenvalue weighted by atomic mass is 16.5. The Balaban J connectivity index is 0.951. The maximum atomic E-state index is 14.6. The Labute approximate surface area is 406 Å². The Hall–Kier alpha value is -8.47. The minimum absolute atomic E-state index is 0.00752. The third kappa shape index (κ3) is 7.96. The smallest absolute Gasteiger partial charge is 0.330 e. The van der Waals surface area contributed by atoms with Crippen molar-refractivity contribution in [2.24, 2.45) is 0 Å². The molecule has 0 bridgehead atoms. The first-order valence-corrected chi connectivity index (χ1v) is 23.4. The highest BCUT2D eigenvalue weighted by molar-refractivity contribution is 6.07. The van der Waals surface area contributed by atoms with Gasteiger partial charge in [0.15, 0.2) is 11.6 Å². The molecule has 0 saturated heterocycles. The molecule has 71 heavy (non-hydrogen) atoms. The molecule has 8 heterocycles. The van der Waals surface area contributed by atoms with Crippen molar-refractivity contribution in [3.8, 4) is 33.8 Å². The van der Waals surface area contributed by atoms with E-state index in [1.54, 1.807) is 54.4 Å². The first kappa shape index (κ1) is 46.3. The number of imidazole rings is 2. The molecule has 0 radical (unpaired) electrons. The van der Waals surface area contributed by atoms with Crippen LogP contribution in [-0.4, -0.2) is 69.1 Å². The van der Waals surface area contributed by atoms with Gasteiger partial charge in [-0.1, -0.05) is 17.3 Å². The Bertz CT molecular complexity index is 3550. The van der Waals surface area contributed by atoms with Crippen molar-refractivity contribution in [3.63, 3.8) is 0 Å². The maximum absolute atomic E-state index is 14.6. The second kappa shape index (κ2) is 18.5. The maximum Gasteiger partial charge on any atom is 0.330 e. The number of pyridine rings is 4. The lowest BCUT2D eigenvalue weighted by Gasteiger charge is -2.15. The Morgan fingerprint density at radius 2 is 1.14 bits per heavy atom. The van der Waals surface area contributed by atoms with E-state index in [2.05, 4.69) is 15.1 Å². The van der Waals surface area contributed by atoms with Gasteiger partial charge in [0.05, 0.1) is 114 Å². The summed E-state index contributed by atoms with van der Waals surface area (Å²) >= 11 is 0. The van der Waals surface area contributed by atoms with Crippen LogP contribution in [0.3, 0.4) is 0 Å². The van der Waals surface area contributed by atoms with Gasteiger partial charge in [0.2, 0.25) is 0 Å². The van der Waals surface area contributed by atoms with E-state index in [0.29, 0.717) is 78.2 Å². The number of aryl methyl sites for hydroxylation is 4. The zero-order valence-electron chi connectivity index (χ0n) is 40.6. The Kier molecular flexibility index (Phi) is 12.0. The second-order valence-electron chi connectivity index (χ2n) is 17.9. The molecule has 0 N–H and O–H groups in total. The number of furan rings is 1. The molecule has 17 heteroatoms. The normalized spacial score (nSPS) is 12.6. The van der Waals surface area contributed by atoms with Crippen molar-refractivity contribution in [1.29, 1.82) is 0 Å². The second-order valence-corrected chi connectivity index (χ2v) is 17.9. The molecule has 8 aromatic heterocycles. The number of fused-ring (bicyclic) bond motifs is 6. The average molecular weight is 954 g/mol. The lowest BCUT2D eigenvalue weighted by atomic mass is 9.99. The number of carbonyl (C=O) groups is 2. The summed E-state index contributed by atoms with van der Waals surface area (Å²) in [5.41, 5.74) is 8.66. The quantitative estimate of drug-likeness (QED) is 0.0889. The third-order valence-electron chi connectivity index (χ3n) is 13.5. The molecule has 2 atom stereocenters. The number of hydrogen-bond donors (Lipinski definition) is 0. The van der Waals surface area contributed by atoms with Gasteiger partial charge in [0.25, 0.3) is 0 Å². The number of carbonyl (C=O) groups excluding carboxylic acids is 2. The molecule has 2 aromatic carbocycles. The molecule has 360 valence electrons. The third-order valence-corrected chi connectivity index (χ3v) is 13.5. The Morgan fingerprint density at radius 1 is 0.648 bits per heavy atom. The minimum atomic E-state index is -0.524. The van der Waals surface area contributed by atoms with Gasteiger partial charge in [-0.3, -0.25) is 47.8 Å². The fourth-order valence-electron chi connectivity index (χ4n) is 10.0. The van der Waals surface area contributed by atoms with Gasteiger partial charge in [-0.2, -0.15) is 0 Å². The van der Waals surface area contributed by atoms with Crippen LogP contribution in [0.25, 0.3) is 66.1 Å². The number of rotatable bonds is 16.